The van der Waals surface area contributed by atoms with Gasteiger partial charge in [-0.3, -0.25) is 19.4 Å². The van der Waals surface area contributed by atoms with Gasteiger partial charge in [0.15, 0.2) is 11.5 Å². The number of thioether (sulfide) groups is 1. The van der Waals surface area contributed by atoms with Crippen molar-refractivity contribution in [2.24, 2.45) is 0 Å². The van der Waals surface area contributed by atoms with Gasteiger partial charge >= 0.3 is 0 Å². The first kappa shape index (κ1) is 23.1. The van der Waals surface area contributed by atoms with Crippen LogP contribution in [0.3, 0.4) is 0 Å². The van der Waals surface area contributed by atoms with E-state index >= 15 is 0 Å². The van der Waals surface area contributed by atoms with Crippen molar-refractivity contribution in [3.63, 3.8) is 0 Å². The Morgan fingerprint density at radius 2 is 1.64 bits per heavy atom. The van der Waals surface area contributed by atoms with E-state index in [1.807, 2.05) is 72.8 Å². The molecule has 0 bridgehead atoms. The normalized spacial score (nSPS) is 16.9. The van der Waals surface area contributed by atoms with Crippen LogP contribution >= 0.6 is 35.7 Å². The van der Waals surface area contributed by atoms with Crippen molar-refractivity contribution < 1.29 is 19.1 Å². The lowest BCUT2D eigenvalue weighted by molar-refractivity contribution is -0.123. The predicted octanol–water partition coefficient (Wildman–Crippen LogP) is 6.23. The van der Waals surface area contributed by atoms with Crippen LogP contribution in [0.1, 0.15) is 18.4 Å². The molecule has 0 unspecified atom stereocenters. The third-order valence-electron chi connectivity index (χ3n) is 6.02. The zero-order valence-electron chi connectivity index (χ0n) is 19.0. The molecule has 0 radical (unpaired) electrons. The summed E-state index contributed by atoms with van der Waals surface area (Å²) < 4.78 is 11.3. The number of ether oxygens (including phenoxy) is 2. The van der Waals surface area contributed by atoms with Crippen LogP contribution in [-0.2, 0) is 9.59 Å². The van der Waals surface area contributed by atoms with E-state index in [2.05, 4.69) is 0 Å². The molecule has 1 saturated heterocycles. The molecule has 3 aliphatic heterocycles. The van der Waals surface area contributed by atoms with Gasteiger partial charge in [-0.2, -0.15) is 0 Å². The minimum atomic E-state index is -0.139. The molecule has 6 rings (SSSR count). The van der Waals surface area contributed by atoms with Gasteiger partial charge in [-0.15, -0.1) is 0 Å². The highest BCUT2D eigenvalue weighted by Gasteiger charge is 2.33. The Balaban J connectivity index is 1.13. The standard InChI is InChI=1S/C27H20N2O4S3/c30-25(29-18-6-1-3-8-22(18)35-23-9-4-2-7-19(23)29)10-5-13-28-26(31)24(36-27(28)34)15-17-11-12-20-21(14-17)33-16-32-20/h1-4,6-9,11-12,14-15H,5,10,13,16H2. The fraction of sp³-hybridized carbons (Fsp3) is 0.148. The van der Waals surface area contributed by atoms with Crippen molar-refractivity contribution in [3.8, 4) is 11.5 Å². The van der Waals surface area contributed by atoms with Gasteiger partial charge in [0, 0.05) is 22.8 Å². The molecule has 3 heterocycles. The van der Waals surface area contributed by atoms with Gasteiger partial charge in [0.2, 0.25) is 12.7 Å². The monoisotopic (exact) mass is 532 g/mol. The van der Waals surface area contributed by atoms with Gasteiger partial charge in [-0.25, -0.2) is 0 Å². The Bertz CT molecular complexity index is 1390. The average molecular weight is 533 g/mol. The Hall–Kier alpha value is -3.27. The summed E-state index contributed by atoms with van der Waals surface area (Å²) in [5, 5.41) is 0. The summed E-state index contributed by atoms with van der Waals surface area (Å²) in [4.78, 5) is 32.5. The van der Waals surface area contributed by atoms with E-state index in [4.69, 9.17) is 21.7 Å². The van der Waals surface area contributed by atoms with Crippen LogP contribution in [0.25, 0.3) is 6.08 Å². The molecule has 2 amide bonds. The minimum Gasteiger partial charge on any atom is -0.454 e. The molecule has 3 aromatic carbocycles. The molecule has 0 aromatic heterocycles. The van der Waals surface area contributed by atoms with Gasteiger partial charge in [0.05, 0.1) is 16.3 Å². The minimum absolute atomic E-state index is 0.00320. The molecular formula is C27H20N2O4S3. The Morgan fingerprint density at radius 3 is 2.39 bits per heavy atom. The van der Waals surface area contributed by atoms with Crippen molar-refractivity contribution >= 4 is 69.3 Å². The number of hydrogen-bond acceptors (Lipinski definition) is 7. The van der Waals surface area contributed by atoms with E-state index < -0.39 is 0 Å². The Kier molecular flexibility index (Phi) is 6.20. The zero-order valence-corrected chi connectivity index (χ0v) is 21.5. The highest BCUT2D eigenvalue weighted by Crippen LogP contribution is 2.48. The van der Waals surface area contributed by atoms with E-state index in [-0.39, 0.29) is 18.6 Å². The first-order chi connectivity index (χ1) is 17.6. The molecule has 0 atom stereocenters. The quantitative estimate of drug-likeness (QED) is 0.285. The summed E-state index contributed by atoms with van der Waals surface area (Å²) in [5.41, 5.74) is 2.63. The first-order valence-corrected chi connectivity index (χ1v) is 13.5. The smallest absolute Gasteiger partial charge is 0.266 e. The van der Waals surface area contributed by atoms with Gasteiger partial charge < -0.3 is 9.47 Å². The Labute approximate surface area is 222 Å². The molecule has 0 saturated carbocycles. The third-order valence-corrected chi connectivity index (χ3v) is 8.53. The summed E-state index contributed by atoms with van der Waals surface area (Å²) >= 11 is 8.43. The Morgan fingerprint density at radius 1 is 0.944 bits per heavy atom. The molecule has 9 heteroatoms. The van der Waals surface area contributed by atoms with Gasteiger partial charge in [-0.05, 0) is 54.5 Å². The summed E-state index contributed by atoms with van der Waals surface area (Å²) in [6.45, 7) is 0.591. The van der Waals surface area contributed by atoms with E-state index in [1.54, 1.807) is 21.6 Å². The molecule has 1 fully saturated rings. The number of para-hydroxylation sites is 2. The van der Waals surface area contributed by atoms with E-state index in [1.165, 1.54) is 11.8 Å². The molecule has 3 aliphatic rings. The van der Waals surface area contributed by atoms with E-state index in [0.29, 0.717) is 40.1 Å². The highest BCUT2D eigenvalue weighted by molar-refractivity contribution is 8.26. The molecule has 0 aliphatic carbocycles. The fourth-order valence-electron chi connectivity index (χ4n) is 4.32. The lowest BCUT2D eigenvalue weighted by Gasteiger charge is -2.31. The average Bonchev–Trinajstić information content (AvgIpc) is 3.46. The second-order valence-electron chi connectivity index (χ2n) is 8.32. The maximum atomic E-state index is 13.4. The van der Waals surface area contributed by atoms with Gasteiger partial charge in [-0.1, -0.05) is 66.1 Å². The number of rotatable bonds is 5. The van der Waals surface area contributed by atoms with Crippen LogP contribution < -0.4 is 14.4 Å². The third kappa shape index (κ3) is 4.27. The largest absolute Gasteiger partial charge is 0.454 e. The highest BCUT2D eigenvalue weighted by atomic mass is 32.2. The number of anilines is 2. The fourth-order valence-corrected chi connectivity index (χ4v) is 6.69. The first-order valence-electron chi connectivity index (χ1n) is 11.4. The molecule has 6 nitrogen and oxygen atoms in total. The zero-order chi connectivity index (χ0) is 24.6. The van der Waals surface area contributed by atoms with Crippen LogP contribution in [0.4, 0.5) is 11.4 Å². The van der Waals surface area contributed by atoms with Crippen LogP contribution in [0.15, 0.2) is 81.4 Å². The van der Waals surface area contributed by atoms with Crippen LogP contribution in [0.5, 0.6) is 11.5 Å². The van der Waals surface area contributed by atoms with Crippen molar-refractivity contribution in [1.82, 2.24) is 4.90 Å². The van der Waals surface area contributed by atoms with E-state index in [9.17, 15) is 9.59 Å². The maximum Gasteiger partial charge on any atom is 0.266 e. The summed E-state index contributed by atoms with van der Waals surface area (Å²) in [6.07, 6.45) is 2.62. The maximum absolute atomic E-state index is 13.4. The predicted molar refractivity (Wildman–Crippen MR) is 146 cm³/mol. The van der Waals surface area contributed by atoms with Crippen molar-refractivity contribution in [1.29, 1.82) is 0 Å². The second kappa shape index (κ2) is 9.65. The number of thiocarbonyl (C=S) groups is 1. The lowest BCUT2D eigenvalue weighted by Crippen LogP contribution is -2.32. The van der Waals surface area contributed by atoms with E-state index in [0.717, 1.165) is 26.7 Å². The van der Waals surface area contributed by atoms with Crippen LogP contribution in [0, 0.1) is 0 Å². The van der Waals surface area contributed by atoms with Crippen LogP contribution in [-0.4, -0.2) is 34.4 Å². The number of carbonyl (C=O) groups is 2. The molecule has 0 spiro atoms. The van der Waals surface area contributed by atoms with Crippen molar-refractivity contribution in [2.75, 3.05) is 18.2 Å². The number of amides is 2. The summed E-state index contributed by atoms with van der Waals surface area (Å²) in [5.74, 6) is 1.22. The molecule has 180 valence electrons. The van der Waals surface area contributed by atoms with Crippen molar-refractivity contribution in [3.05, 3.63) is 77.2 Å². The second-order valence-corrected chi connectivity index (χ2v) is 11.1. The number of benzene rings is 3. The van der Waals surface area contributed by atoms with Crippen molar-refractivity contribution in [2.45, 2.75) is 22.6 Å². The molecule has 3 aromatic rings. The number of carbonyl (C=O) groups excluding carboxylic acids is 2. The van der Waals surface area contributed by atoms with Gasteiger partial charge in [0.1, 0.15) is 4.32 Å². The number of hydrogen-bond donors (Lipinski definition) is 0. The number of fused-ring (bicyclic) bond motifs is 3. The van der Waals surface area contributed by atoms with Crippen LogP contribution in [0.2, 0.25) is 0 Å². The molecular weight excluding hydrogens is 513 g/mol. The molecule has 36 heavy (non-hydrogen) atoms. The topological polar surface area (TPSA) is 59.1 Å². The molecule has 0 N–H and O–H groups in total. The number of nitrogens with zero attached hydrogens (tertiary/aromatic N) is 2. The SMILES string of the molecule is O=C1C(=Cc2ccc3c(c2)OCO3)SC(=S)N1CCCC(=O)N1c2ccccc2Sc2ccccc21. The van der Waals surface area contributed by atoms with Gasteiger partial charge in [0.25, 0.3) is 5.91 Å². The summed E-state index contributed by atoms with van der Waals surface area (Å²) in [7, 11) is 0. The summed E-state index contributed by atoms with van der Waals surface area (Å²) in [6, 6.07) is 21.4. The lowest BCUT2D eigenvalue weighted by atomic mass is 10.1.